The van der Waals surface area contributed by atoms with Crippen molar-refractivity contribution in [1.29, 1.82) is 0 Å². The highest BCUT2D eigenvalue weighted by atomic mass is 32.2. The van der Waals surface area contributed by atoms with Gasteiger partial charge in [-0.3, -0.25) is 9.10 Å². The molecule has 0 radical (unpaired) electrons. The molecule has 33 heavy (non-hydrogen) atoms. The molecule has 0 bridgehead atoms. The van der Waals surface area contributed by atoms with Gasteiger partial charge in [-0.25, -0.2) is 8.42 Å². The zero-order valence-electron chi connectivity index (χ0n) is 18.4. The number of nitrogens with one attached hydrogen (secondary N) is 1. The van der Waals surface area contributed by atoms with Crippen molar-refractivity contribution in [3.63, 3.8) is 0 Å². The van der Waals surface area contributed by atoms with Crippen LogP contribution in [0.3, 0.4) is 0 Å². The molecule has 0 unspecified atom stereocenters. The quantitative estimate of drug-likeness (QED) is 0.632. The molecule has 1 aliphatic carbocycles. The first-order chi connectivity index (χ1) is 15.9. The molecule has 2 atom stereocenters. The van der Waals surface area contributed by atoms with Gasteiger partial charge in [0, 0.05) is 0 Å². The van der Waals surface area contributed by atoms with E-state index in [2.05, 4.69) is 11.4 Å². The number of anilines is 1. The van der Waals surface area contributed by atoms with Gasteiger partial charge in [0.2, 0.25) is 0 Å². The van der Waals surface area contributed by atoms with Gasteiger partial charge in [-0.15, -0.1) is 0 Å². The van der Waals surface area contributed by atoms with Crippen LogP contribution in [0.1, 0.15) is 35.6 Å². The molecule has 0 fully saturated rings. The molecular formula is C26H26N2O4S. The minimum absolute atomic E-state index is 0.0899. The van der Waals surface area contributed by atoms with E-state index in [1.165, 1.54) is 9.87 Å². The van der Waals surface area contributed by atoms with E-state index in [4.69, 9.17) is 4.74 Å². The number of aryl methyl sites for hydroxylation is 2. The Morgan fingerprint density at radius 3 is 2.55 bits per heavy atom. The predicted octanol–water partition coefficient (Wildman–Crippen LogP) is 4.15. The average Bonchev–Trinajstić information content (AvgIpc) is 2.84. The lowest BCUT2D eigenvalue weighted by molar-refractivity contribution is -0.128. The predicted molar refractivity (Wildman–Crippen MR) is 127 cm³/mol. The first-order valence-electron chi connectivity index (χ1n) is 11.2. The molecule has 0 spiro atoms. The van der Waals surface area contributed by atoms with Gasteiger partial charge in [0.05, 0.1) is 23.2 Å². The van der Waals surface area contributed by atoms with E-state index in [1.807, 2.05) is 25.1 Å². The van der Waals surface area contributed by atoms with Crippen molar-refractivity contribution < 1.29 is 17.9 Å². The Kier molecular flexibility index (Phi) is 5.58. The Balaban J connectivity index is 1.44. The zero-order chi connectivity index (χ0) is 23.0. The van der Waals surface area contributed by atoms with E-state index in [9.17, 15) is 13.2 Å². The first-order valence-corrected chi connectivity index (χ1v) is 12.6. The maximum Gasteiger partial charge on any atom is 0.264 e. The van der Waals surface area contributed by atoms with Crippen molar-refractivity contribution >= 4 is 21.6 Å². The number of benzene rings is 3. The van der Waals surface area contributed by atoms with E-state index < -0.39 is 16.1 Å². The molecule has 1 aliphatic heterocycles. The van der Waals surface area contributed by atoms with Crippen LogP contribution < -0.4 is 14.4 Å². The monoisotopic (exact) mass is 462 g/mol. The summed E-state index contributed by atoms with van der Waals surface area (Å²) in [6.45, 7) is 1.82. The first kappa shape index (κ1) is 21.5. The van der Waals surface area contributed by atoms with E-state index >= 15 is 0 Å². The summed E-state index contributed by atoms with van der Waals surface area (Å²) < 4.78 is 34.3. The van der Waals surface area contributed by atoms with Crippen molar-refractivity contribution in [2.24, 2.45) is 0 Å². The second kappa shape index (κ2) is 8.56. The summed E-state index contributed by atoms with van der Waals surface area (Å²) in [6, 6.07) is 21.7. The number of nitrogens with zero attached hydrogens (tertiary/aromatic N) is 1. The molecule has 3 aromatic carbocycles. The summed E-state index contributed by atoms with van der Waals surface area (Å²) in [6.07, 6.45) is 1.88. The van der Waals surface area contributed by atoms with Gasteiger partial charge in [0.25, 0.3) is 15.9 Å². The summed E-state index contributed by atoms with van der Waals surface area (Å²) in [7, 11) is -3.87. The van der Waals surface area contributed by atoms with Crippen molar-refractivity contribution in [1.82, 2.24) is 5.32 Å². The van der Waals surface area contributed by atoms with Crippen LogP contribution in [0.15, 0.2) is 77.7 Å². The third-order valence-electron chi connectivity index (χ3n) is 6.32. The smallest absolute Gasteiger partial charge is 0.264 e. The van der Waals surface area contributed by atoms with E-state index in [-0.39, 0.29) is 23.4 Å². The van der Waals surface area contributed by atoms with Gasteiger partial charge in [0.15, 0.2) is 6.10 Å². The van der Waals surface area contributed by atoms with Crippen molar-refractivity contribution in [2.75, 3.05) is 10.8 Å². The van der Waals surface area contributed by atoms with Crippen molar-refractivity contribution in [3.8, 4) is 5.75 Å². The Morgan fingerprint density at radius 2 is 1.73 bits per heavy atom. The highest BCUT2D eigenvalue weighted by molar-refractivity contribution is 7.92. The van der Waals surface area contributed by atoms with Crippen LogP contribution >= 0.6 is 0 Å². The number of carbonyl (C=O) groups excluding carboxylic acids is 1. The summed E-state index contributed by atoms with van der Waals surface area (Å²) in [5, 5.41) is 3.11. The number of sulfonamides is 1. The second-order valence-corrected chi connectivity index (χ2v) is 10.4. The number of para-hydroxylation sites is 2. The number of rotatable bonds is 4. The number of hydrogen-bond acceptors (Lipinski definition) is 4. The summed E-state index contributed by atoms with van der Waals surface area (Å²) >= 11 is 0. The van der Waals surface area contributed by atoms with E-state index in [0.717, 1.165) is 30.4 Å². The number of hydrogen-bond donors (Lipinski definition) is 1. The van der Waals surface area contributed by atoms with Gasteiger partial charge >= 0.3 is 0 Å². The molecule has 1 heterocycles. The van der Waals surface area contributed by atoms with Crippen LogP contribution in [-0.2, 0) is 21.2 Å². The Morgan fingerprint density at radius 1 is 1.00 bits per heavy atom. The lowest BCUT2D eigenvalue weighted by Crippen LogP contribution is -2.51. The molecule has 2 aliphatic rings. The number of carbonyl (C=O) groups is 1. The lowest BCUT2D eigenvalue weighted by atomic mass is 9.87. The molecular weight excluding hydrogens is 436 g/mol. The molecule has 0 aromatic heterocycles. The SMILES string of the molecule is Cc1ccc(S(=O)(=O)N2C[C@@H](C(=O)N[C@@H]3CCCc4ccccc43)Oc3ccccc32)cc1. The average molecular weight is 463 g/mol. The van der Waals surface area contributed by atoms with Gasteiger partial charge in [-0.1, -0.05) is 54.1 Å². The highest BCUT2D eigenvalue weighted by Gasteiger charge is 2.38. The Hall–Kier alpha value is -3.32. The lowest BCUT2D eigenvalue weighted by Gasteiger charge is -2.36. The summed E-state index contributed by atoms with van der Waals surface area (Å²) in [4.78, 5) is 13.5. The molecule has 0 saturated heterocycles. The largest absolute Gasteiger partial charge is 0.476 e. The highest BCUT2D eigenvalue weighted by Crippen LogP contribution is 2.37. The van der Waals surface area contributed by atoms with Crippen LogP contribution in [0.25, 0.3) is 0 Å². The van der Waals surface area contributed by atoms with Crippen LogP contribution in [0.2, 0.25) is 0 Å². The van der Waals surface area contributed by atoms with Crippen LogP contribution in [0.4, 0.5) is 5.69 Å². The zero-order valence-corrected chi connectivity index (χ0v) is 19.2. The minimum Gasteiger partial charge on any atom is -0.476 e. The molecule has 0 saturated carbocycles. The summed E-state index contributed by atoms with van der Waals surface area (Å²) in [5.41, 5.74) is 3.77. The molecule has 6 nitrogen and oxygen atoms in total. The van der Waals surface area contributed by atoms with Gasteiger partial charge in [-0.05, 0) is 61.6 Å². The molecule has 1 amide bonds. The Labute approximate surface area is 194 Å². The fourth-order valence-electron chi connectivity index (χ4n) is 4.57. The van der Waals surface area contributed by atoms with Crippen molar-refractivity contribution in [3.05, 3.63) is 89.5 Å². The van der Waals surface area contributed by atoms with Gasteiger partial charge in [0.1, 0.15) is 5.75 Å². The van der Waals surface area contributed by atoms with Crippen LogP contribution in [-0.4, -0.2) is 27.0 Å². The van der Waals surface area contributed by atoms with E-state index in [0.29, 0.717) is 11.4 Å². The van der Waals surface area contributed by atoms with Crippen LogP contribution in [0.5, 0.6) is 5.75 Å². The molecule has 7 heteroatoms. The standard InChI is InChI=1S/C26H26N2O4S/c1-18-13-15-20(16-14-18)33(30,31)28-17-25(32-24-12-5-4-11-23(24)28)26(29)27-22-10-6-8-19-7-2-3-9-21(19)22/h2-5,7,9,11-16,22,25H,6,8,10,17H2,1H3,(H,27,29)/t22-,25+/m1/s1. The molecule has 3 aromatic rings. The topological polar surface area (TPSA) is 75.7 Å². The summed E-state index contributed by atoms with van der Waals surface area (Å²) in [5.74, 6) is 0.0685. The third-order valence-corrected chi connectivity index (χ3v) is 8.12. The van der Waals surface area contributed by atoms with E-state index in [1.54, 1.807) is 48.5 Å². The molecule has 5 rings (SSSR count). The van der Waals surface area contributed by atoms with Crippen LogP contribution in [0, 0.1) is 6.92 Å². The minimum atomic E-state index is -3.87. The normalized spacial score (nSPS) is 19.7. The Bertz CT molecular complexity index is 1290. The molecule has 170 valence electrons. The number of amides is 1. The van der Waals surface area contributed by atoms with Gasteiger partial charge < -0.3 is 10.1 Å². The van der Waals surface area contributed by atoms with Gasteiger partial charge in [-0.2, -0.15) is 0 Å². The second-order valence-electron chi connectivity index (χ2n) is 8.58. The fraction of sp³-hybridized carbons (Fsp3) is 0.269. The fourth-order valence-corrected chi connectivity index (χ4v) is 6.05. The maximum absolute atomic E-state index is 13.5. The number of fused-ring (bicyclic) bond motifs is 2. The number of ether oxygens (including phenoxy) is 1. The molecule has 1 N–H and O–H groups in total. The van der Waals surface area contributed by atoms with Crippen molar-refractivity contribution in [2.45, 2.75) is 43.2 Å². The third kappa shape index (κ3) is 4.09. The maximum atomic E-state index is 13.5.